The van der Waals surface area contributed by atoms with Crippen molar-refractivity contribution in [3.8, 4) is 5.75 Å². The minimum Gasteiger partial charge on any atom is -0.494 e. The molecule has 1 aromatic carbocycles. The van der Waals surface area contributed by atoms with Gasteiger partial charge in [-0.2, -0.15) is 0 Å². The smallest absolute Gasteiger partial charge is 0.494 e. The van der Waals surface area contributed by atoms with Crippen LogP contribution in [0.5, 0.6) is 5.75 Å². The van der Waals surface area contributed by atoms with Crippen LogP contribution in [0.4, 0.5) is 0 Å². The van der Waals surface area contributed by atoms with Gasteiger partial charge in [-0.3, -0.25) is 0 Å². The van der Waals surface area contributed by atoms with Gasteiger partial charge in [-0.05, 0) is 57.8 Å². The number of hydrogen-bond donors (Lipinski definition) is 1. The van der Waals surface area contributed by atoms with Crippen molar-refractivity contribution in [2.75, 3.05) is 6.61 Å². The number of carbonyl (C=O) groups is 1. The van der Waals surface area contributed by atoms with E-state index in [1.165, 1.54) is 57.8 Å². The first kappa shape index (κ1) is 26.7. The van der Waals surface area contributed by atoms with E-state index in [4.69, 9.17) is 14.0 Å². The van der Waals surface area contributed by atoms with Crippen molar-refractivity contribution in [3.63, 3.8) is 0 Å². The summed E-state index contributed by atoms with van der Waals surface area (Å²) in [5.41, 5.74) is -0.0930. The fourth-order valence-electron chi connectivity index (χ4n) is 3.90. The zero-order chi connectivity index (χ0) is 23.6. The molecule has 0 bridgehead atoms. The molecule has 1 fully saturated rings. The first-order valence-electron chi connectivity index (χ1n) is 12.5. The van der Waals surface area contributed by atoms with E-state index in [1.807, 2.05) is 33.8 Å². The Morgan fingerprint density at radius 2 is 1.34 bits per heavy atom. The molecule has 6 heteroatoms. The second-order valence-corrected chi connectivity index (χ2v) is 10.1. The Morgan fingerprint density at radius 3 is 1.84 bits per heavy atom. The lowest BCUT2D eigenvalue weighted by molar-refractivity contribution is 0.00578. The van der Waals surface area contributed by atoms with Crippen molar-refractivity contribution in [1.82, 2.24) is 0 Å². The SMILES string of the molecule is CCCCCCCCCCCCCOc1cc(B2OC(C)(C)C(C)(C)O2)cc(C(=O)O)c1. The summed E-state index contributed by atoms with van der Waals surface area (Å²) < 4.78 is 18.1. The van der Waals surface area contributed by atoms with Crippen LogP contribution in [0.25, 0.3) is 0 Å². The van der Waals surface area contributed by atoms with Gasteiger partial charge >= 0.3 is 13.1 Å². The van der Waals surface area contributed by atoms with E-state index in [9.17, 15) is 9.90 Å². The number of rotatable bonds is 15. The van der Waals surface area contributed by atoms with Gasteiger partial charge in [-0.25, -0.2) is 4.79 Å². The summed E-state index contributed by atoms with van der Waals surface area (Å²) in [6.45, 7) is 10.8. The third-order valence-electron chi connectivity index (χ3n) is 6.72. The molecule has 0 aromatic heterocycles. The second kappa shape index (κ2) is 12.6. The zero-order valence-electron chi connectivity index (χ0n) is 20.9. The van der Waals surface area contributed by atoms with Crippen LogP contribution in [0, 0.1) is 0 Å². The summed E-state index contributed by atoms with van der Waals surface area (Å²) in [4.78, 5) is 11.6. The largest absolute Gasteiger partial charge is 0.494 e. The lowest BCUT2D eigenvalue weighted by atomic mass is 9.78. The standard InChI is InChI=1S/C26H43BO5/c1-6-7-8-9-10-11-12-13-14-15-16-17-30-23-19-21(24(28)29)18-22(20-23)27-31-25(2,3)26(4,5)32-27/h18-20H,6-17H2,1-5H3,(H,28,29). The maximum Gasteiger partial charge on any atom is 0.494 e. The molecular weight excluding hydrogens is 403 g/mol. The molecule has 1 N–H and O–H groups in total. The molecule has 0 unspecified atom stereocenters. The molecule has 1 saturated heterocycles. The molecule has 0 amide bonds. The summed E-state index contributed by atoms with van der Waals surface area (Å²) in [6, 6.07) is 5.03. The van der Waals surface area contributed by atoms with Crippen molar-refractivity contribution >= 4 is 18.6 Å². The Bertz CT molecular complexity index is 700. The fourth-order valence-corrected chi connectivity index (χ4v) is 3.90. The normalized spacial score (nSPS) is 17.0. The molecule has 32 heavy (non-hydrogen) atoms. The molecule has 1 aromatic rings. The average Bonchev–Trinajstić information content (AvgIpc) is 2.95. The molecule has 1 aliphatic heterocycles. The first-order valence-corrected chi connectivity index (χ1v) is 12.5. The summed E-state index contributed by atoms with van der Waals surface area (Å²) in [5, 5.41) is 9.52. The molecule has 2 rings (SSSR count). The predicted molar refractivity (Wildman–Crippen MR) is 131 cm³/mol. The van der Waals surface area contributed by atoms with E-state index in [1.54, 1.807) is 12.1 Å². The maximum absolute atomic E-state index is 11.6. The molecule has 0 saturated carbocycles. The molecule has 180 valence electrons. The number of carboxylic acid groups (broad SMARTS) is 1. The summed E-state index contributed by atoms with van der Waals surface area (Å²) in [5.74, 6) is -0.426. The monoisotopic (exact) mass is 446 g/mol. The van der Waals surface area contributed by atoms with Crippen LogP contribution < -0.4 is 10.2 Å². The van der Waals surface area contributed by atoms with Gasteiger partial charge in [-0.15, -0.1) is 0 Å². The second-order valence-electron chi connectivity index (χ2n) is 10.1. The summed E-state index contributed by atoms with van der Waals surface area (Å²) >= 11 is 0. The van der Waals surface area contributed by atoms with E-state index < -0.39 is 24.3 Å². The average molecular weight is 446 g/mol. The van der Waals surface area contributed by atoms with Gasteiger partial charge in [0.05, 0.1) is 23.4 Å². The number of hydrogen-bond acceptors (Lipinski definition) is 4. The first-order chi connectivity index (χ1) is 15.2. The highest BCUT2D eigenvalue weighted by Gasteiger charge is 2.51. The number of ether oxygens (including phenoxy) is 1. The van der Waals surface area contributed by atoms with Crippen LogP contribution in [0.15, 0.2) is 18.2 Å². The minimum absolute atomic E-state index is 0.186. The quantitative estimate of drug-likeness (QED) is 0.250. The summed E-state index contributed by atoms with van der Waals surface area (Å²) in [6.07, 6.45) is 14.1. The van der Waals surface area contributed by atoms with Crippen LogP contribution in [0.3, 0.4) is 0 Å². The molecule has 1 aliphatic rings. The van der Waals surface area contributed by atoms with Gasteiger partial charge in [0.2, 0.25) is 0 Å². The minimum atomic E-state index is -0.983. The van der Waals surface area contributed by atoms with Gasteiger partial charge in [0.25, 0.3) is 0 Å². The van der Waals surface area contributed by atoms with Crippen molar-refractivity contribution in [3.05, 3.63) is 23.8 Å². The highest BCUT2D eigenvalue weighted by Crippen LogP contribution is 2.36. The van der Waals surface area contributed by atoms with Gasteiger partial charge in [0, 0.05) is 0 Å². The van der Waals surface area contributed by atoms with Gasteiger partial charge < -0.3 is 19.2 Å². The van der Waals surface area contributed by atoms with Crippen molar-refractivity contribution in [2.45, 2.75) is 116 Å². The molecule has 0 radical (unpaired) electrons. The lowest BCUT2D eigenvalue weighted by Gasteiger charge is -2.32. The number of benzene rings is 1. The molecule has 0 atom stereocenters. The maximum atomic E-state index is 11.6. The van der Waals surface area contributed by atoms with Gasteiger partial charge in [0.1, 0.15) is 5.75 Å². The predicted octanol–water partition coefficient (Wildman–Crippen LogP) is 6.37. The number of aromatic carboxylic acids is 1. The molecule has 0 spiro atoms. The Labute approximate surface area is 195 Å². The summed E-state index contributed by atoms with van der Waals surface area (Å²) in [7, 11) is -0.608. The molecule has 0 aliphatic carbocycles. The topological polar surface area (TPSA) is 65.0 Å². The van der Waals surface area contributed by atoms with Crippen molar-refractivity contribution in [2.24, 2.45) is 0 Å². The third kappa shape index (κ3) is 8.11. The Kier molecular flexibility index (Phi) is 10.6. The van der Waals surface area contributed by atoms with Crippen molar-refractivity contribution < 1.29 is 23.9 Å². The van der Waals surface area contributed by atoms with Crippen LogP contribution in [0.1, 0.15) is 116 Å². The number of unbranched alkanes of at least 4 members (excludes halogenated alkanes) is 10. The highest BCUT2D eigenvalue weighted by molar-refractivity contribution is 6.62. The van der Waals surface area contributed by atoms with E-state index in [0.29, 0.717) is 17.8 Å². The molecule has 5 nitrogen and oxygen atoms in total. The molecular formula is C26H43BO5. The third-order valence-corrected chi connectivity index (χ3v) is 6.72. The Balaban J connectivity index is 1.76. The fraction of sp³-hybridized carbons (Fsp3) is 0.731. The van der Waals surface area contributed by atoms with Crippen LogP contribution in [0.2, 0.25) is 0 Å². The van der Waals surface area contributed by atoms with Gasteiger partial charge in [-0.1, -0.05) is 71.1 Å². The Hall–Kier alpha value is -1.53. The van der Waals surface area contributed by atoms with E-state index in [2.05, 4.69) is 6.92 Å². The van der Waals surface area contributed by atoms with E-state index in [0.717, 1.165) is 12.8 Å². The zero-order valence-corrected chi connectivity index (χ0v) is 20.9. The van der Waals surface area contributed by atoms with E-state index in [-0.39, 0.29) is 5.56 Å². The van der Waals surface area contributed by atoms with Crippen LogP contribution in [-0.2, 0) is 9.31 Å². The van der Waals surface area contributed by atoms with Gasteiger partial charge in [0.15, 0.2) is 0 Å². The van der Waals surface area contributed by atoms with Crippen molar-refractivity contribution in [1.29, 1.82) is 0 Å². The Morgan fingerprint density at radius 1 is 0.844 bits per heavy atom. The van der Waals surface area contributed by atoms with Crippen LogP contribution in [-0.4, -0.2) is 36.0 Å². The molecule has 1 heterocycles. The lowest BCUT2D eigenvalue weighted by Crippen LogP contribution is -2.41. The van der Waals surface area contributed by atoms with Crippen LogP contribution >= 0.6 is 0 Å². The number of carboxylic acids is 1. The highest BCUT2D eigenvalue weighted by atomic mass is 16.7. The van der Waals surface area contributed by atoms with E-state index >= 15 is 0 Å².